The standard InChI is InChI=1S/C28H35ClFN3O3/c1-3-19-15-20(27(34)31-17-23-5-4-14-36-23)6-8-24(19)18(2)33-12-10-22(11-13-33)32-28(35)21-7-9-26(30)25(29)16-21/h6-9,15-16,18,22-23H,3-5,10-14,17H2,1-2H3,(H,31,34)(H,32,35). The number of nitrogens with zero attached hydrogens (tertiary/aromatic N) is 1. The first-order valence-corrected chi connectivity index (χ1v) is 13.3. The minimum Gasteiger partial charge on any atom is -0.376 e. The zero-order valence-corrected chi connectivity index (χ0v) is 21.7. The molecule has 2 heterocycles. The molecule has 0 aliphatic carbocycles. The number of piperidine rings is 1. The molecule has 0 saturated carbocycles. The lowest BCUT2D eigenvalue weighted by atomic mass is 9.94. The summed E-state index contributed by atoms with van der Waals surface area (Å²) in [5, 5.41) is 6.01. The molecule has 2 aromatic carbocycles. The first-order valence-electron chi connectivity index (χ1n) is 12.9. The van der Waals surface area contributed by atoms with E-state index in [9.17, 15) is 14.0 Å². The van der Waals surface area contributed by atoms with Gasteiger partial charge in [-0.05, 0) is 80.5 Å². The molecule has 0 aromatic heterocycles. The normalized spacial score (nSPS) is 19.7. The lowest BCUT2D eigenvalue weighted by Gasteiger charge is -2.37. The highest BCUT2D eigenvalue weighted by atomic mass is 35.5. The molecular formula is C28H35ClFN3O3. The van der Waals surface area contributed by atoms with Crippen molar-refractivity contribution in [1.29, 1.82) is 0 Å². The van der Waals surface area contributed by atoms with Gasteiger partial charge in [0.1, 0.15) is 5.82 Å². The number of halogens is 2. The summed E-state index contributed by atoms with van der Waals surface area (Å²) in [6.45, 7) is 7.35. The van der Waals surface area contributed by atoms with Crippen molar-refractivity contribution in [3.63, 3.8) is 0 Å². The fourth-order valence-electron chi connectivity index (χ4n) is 5.11. The van der Waals surface area contributed by atoms with Gasteiger partial charge in [-0.15, -0.1) is 0 Å². The second-order valence-electron chi connectivity index (χ2n) is 9.70. The van der Waals surface area contributed by atoms with E-state index in [2.05, 4.69) is 35.4 Å². The van der Waals surface area contributed by atoms with Gasteiger partial charge in [0, 0.05) is 49.5 Å². The highest BCUT2D eigenvalue weighted by Gasteiger charge is 2.26. The molecular weight excluding hydrogens is 481 g/mol. The van der Waals surface area contributed by atoms with E-state index < -0.39 is 5.82 Å². The fourth-order valence-corrected chi connectivity index (χ4v) is 5.29. The first-order chi connectivity index (χ1) is 17.4. The summed E-state index contributed by atoms with van der Waals surface area (Å²) in [4.78, 5) is 27.7. The number of aryl methyl sites for hydroxylation is 1. The number of likely N-dealkylation sites (tertiary alicyclic amines) is 1. The van der Waals surface area contributed by atoms with Crippen LogP contribution in [0, 0.1) is 5.82 Å². The number of hydrogen-bond donors (Lipinski definition) is 2. The fraction of sp³-hybridized carbons (Fsp3) is 0.500. The van der Waals surface area contributed by atoms with Gasteiger partial charge in [0.05, 0.1) is 11.1 Å². The number of carbonyl (C=O) groups excluding carboxylic acids is 2. The van der Waals surface area contributed by atoms with Crippen LogP contribution < -0.4 is 10.6 Å². The predicted octanol–water partition coefficient (Wildman–Crippen LogP) is 4.91. The summed E-state index contributed by atoms with van der Waals surface area (Å²) >= 11 is 5.82. The van der Waals surface area contributed by atoms with Crippen LogP contribution in [0.2, 0.25) is 5.02 Å². The van der Waals surface area contributed by atoms with E-state index in [4.69, 9.17) is 16.3 Å². The quantitative estimate of drug-likeness (QED) is 0.524. The van der Waals surface area contributed by atoms with E-state index in [1.165, 1.54) is 29.3 Å². The molecule has 36 heavy (non-hydrogen) atoms. The minimum atomic E-state index is -0.533. The summed E-state index contributed by atoms with van der Waals surface area (Å²) in [7, 11) is 0. The van der Waals surface area contributed by atoms with Gasteiger partial charge in [-0.3, -0.25) is 14.5 Å². The number of carbonyl (C=O) groups is 2. The average Bonchev–Trinajstić information content (AvgIpc) is 3.42. The van der Waals surface area contributed by atoms with Gasteiger partial charge in [0.15, 0.2) is 0 Å². The SMILES string of the molecule is CCc1cc(C(=O)NCC2CCCO2)ccc1C(C)N1CCC(NC(=O)c2ccc(F)c(Cl)c2)CC1. The van der Waals surface area contributed by atoms with Gasteiger partial charge >= 0.3 is 0 Å². The molecule has 2 N–H and O–H groups in total. The molecule has 2 aliphatic rings. The molecule has 2 fully saturated rings. The van der Waals surface area contributed by atoms with Gasteiger partial charge in [-0.25, -0.2) is 4.39 Å². The third kappa shape index (κ3) is 6.44. The molecule has 4 rings (SSSR count). The van der Waals surface area contributed by atoms with E-state index in [1.54, 1.807) is 0 Å². The van der Waals surface area contributed by atoms with Crippen molar-refractivity contribution in [3.05, 3.63) is 69.5 Å². The Hall–Kier alpha value is -2.48. The van der Waals surface area contributed by atoms with Crippen molar-refractivity contribution < 1.29 is 18.7 Å². The molecule has 2 unspecified atom stereocenters. The highest BCUT2D eigenvalue weighted by molar-refractivity contribution is 6.31. The number of amides is 2. The Morgan fingerprint density at radius 1 is 1.11 bits per heavy atom. The lowest BCUT2D eigenvalue weighted by molar-refractivity contribution is 0.0856. The molecule has 2 amide bonds. The van der Waals surface area contributed by atoms with Crippen LogP contribution in [0.3, 0.4) is 0 Å². The van der Waals surface area contributed by atoms with Crippen molar-refractivity contribution in [2.75, 3.05) is 26.2 Å². The Bertz CT molecular complexity index is 1080. The summed E-state index contributed by atoms with van der Waals surface area (Å²) < 4.78 is 19.0. The summed E-state index contributed by atoms with van der Waals surface area (Å²) in [6.07, 6.45) is 4.68. The number of nitrogens with one attached hydrogen (secondary N) is 2. The maximum Gasteiger partial charge on any atom is 0.251 e. The highest BCUT2D eigenvalue weighted by Crippen LogP contribution is 2.28. The third-order valence-corrected chi connectivity index (χ3v) is 7.63. The van der Waals surface area contributed by atoms with Gasteiger partial charge in [0.2, 0.25) is 0 Å². The zero-order valence-electron chi connectivity index (χ0n) is 21.0. The molecule has 2 aromatic rings. The monoisotopic (exact) mass is 515 g/mol. The average molecular weight is 516 g/mol. The van der Waals surface area contributed by atoms with Crippen LogP contribution in [0.1, 0.15) is 77.4 Å². The predicted molar refractivity (Wildman–Crippen MR) is 139 cm³/mol. The van der Waals surface area contributed by atoms with Crippen molar-refractivity contribution in [2.45, 2.75) is 64.1 Å². The van der Waals surface area contributed by atoms with Crippen molar-refractivity contribution in [1.82, 2.24) is 15.5 Å². The summed E-state index contributed by atoms with van der Waals surface area (Å²) in [6, 6.07) is 10.3. The Morgan fingerprint density at radius 3 is 2.50 bits per heavy atom. The van der Waals surface area contributed by atoms with E-state index in [0.717, 1.165) is 51.8 Å². The maximum absolute atomic E-state index is 13.4. The smallest absolute Gasteiger partial charge is 0.251 e. The van der Waals surface area contributed by atoms with Crippen molar-refractivity contribution in [2.24, 2.45) is 0 Å². The lowest BCUT2D eigenvalue weighted by Crippen LogP contribution is -2.45. The summed E-state index contributed by atoms with van der Waals surface area (Å²) in [5.74, 6) is -0.822. The minimum absolute atomic E-state index is 0.0515. The third-order valence-electron chi connectivity index (χ3n) is 7.34. The van der Waals surface area contributed by atoms with Crippen LogP contribution in [0.4, 0.5) is 4.39 Å². The Labute approximate surface area is 217 Å². The first kappa shape index (κ1) is 26.6. The Balaban J connectivity index is 1.32. The largest absolute Gasteiger partial charge is 0.376 e. The van der Waals surface area contributed by atoms with Gasteiger partial charge in [-0.2, -0.15) is 0 Å². The van der Waals surface area contributed by atoms with Crippen LogP contribution in [0.25, 0.3) is 0 Å². The Kier molecular flexibility index (Phi) is 8.99. The molecule has 0 bridgehead atoms. The molecule has 194 valence electrons. The molecule has 2 saturated heterocycles. The van der Waals surface area contributed by atoms with Crippen LogP contribution in [0.15, 0.2) is 36.4 Å². The van der Waals surface area contributed by atoms with Crippen molar-refractivity contribution >= 4 is 23.4 Å². The van der Waals surface area contributed by atoms with E-state index in [-0.39, 0.29) is 35.0 Å². The number of benzene rings is 2. The second-order valence-corrected chi connectivity index (χ2v) is 10.1. The van der Waals surface area contributed by atoms with Gasteiger partial charge < -0.3 is 15.4 Å². The van der Waals surface area contributed by atoms with Gasteiger partial charge in [-0.1, -0.05) is 24.6 Å². The molecule has 0 radical (unpaired) electrons. The van der Waals surface area contributed by atoms with E-state index in [1.807, 2.05) is 12.1 Å². The molecule has 8 heteroatoms. The van der Waals surface area contributed by atoms with Crippen LogP contribution in [-0.2, 0) is 11.2 Å². The number of hydrogen-bond acceptors (Lipinski definition) is 4. The second kappa shape index (κ2) is 12.2. The summed E-state index contributed by atoms with van der Waals surface area (Å²) in [5.41, 5.74) is 3.46. The molecule has 2 aliphatic heterocycles. The van der Waals surface area contributed by atoms with Crippen molar-refractivity contribution in [3.8, 4) is 0 Å². The van der Waals surface area contributed by atoms with Crippen LogP contribution >= 0.6 is 11.6 Å². The molecule has 0 spiro atoms. The van der Waals surface area contributed by atoms with Crippen LogP contribution in [0.5, 0.6) is 0 Å². The topological polar surface area (TPSA) is 70.7 Å². The van der Waals surface area contributed by atoms with E-state index in [0.29, 0.717) is 17.7 Å². The number of rotatable bonds is 8. The maximum atomic E-state index is 13.4. The Morgan fingerprint density at radius 2 is 1.83 bits per heavy atom. The molecule has 2 atom stereocenters. The van der Waals surface area contributed by atoms with Gasteiger partial charge in [0.25, 0.3) is 11.8 Å². The molecule has 6 nitrogen and oxygen atoms in total. The van der Waals surface area contributed by atoms with E-state index >= 15 is 0 Å². The van der Waals surface area contributed by atoms with Crippen LogP contribution in [-0.4, -0.2) is 55.1 Å². The number of ether oxygens (including phenoxy) is 1. The zero-order chi connectivity index (χ0) is 25.7.